The van der Waals surface area contributed by atoms with E-state index in [4.69, 9.17) is 0 Å². The lowest BCUT2D eigenvalue weighted by molar-refractivity contribution is 0.0689. The molecule has 1 amide bonds. The molecule has 1 aliphatic carbocycles. The van der Waals surface area contributed by atoms with Crippen LogP contribution in [-0.2, 0) is 0 Å². The van der Waals surface area contributed by atoms with Gasteiger partial charge in [0.05, 0.1) is 23.1 Å². The minimum atomic E-state index is 0.163. The molecule has 138 valence electrons. The van der Waals surface area contributed by atoms with Gasteiger partial charge >= 0.3 is 0 Å². The summed E-state index contributed by atoms with van der Waals surface area (Å²) in [7, 11) is 0. The van der Waals surface area contributed by atoms with Crippen LogP contribution in [0.25, 0.3) is 5.69 Å². The number of piperidine rings is 1. The number of carbonyl (C=O) groups is 1. The van der Waals surface area contributed by atoms with E-state index in [-0.39, 0.29) is 5.91 Å². The molecule has 1 saturated carbocycles. The van der Waals surface area contributed by atoms with E-state index in [1.165, 1.54) is 0 Å². The number of carbonyl (C=O) groups excluding carboxylic acids is 1. The van der Waals surface area contributed by atoms with Crippen LogP contribution < -0.4 is 5.32 Å². The van der Waals surface area contributed by atoms with E-state index in [1.807, 2.05) is 27.8 Å². The van der Waals surface area contributed by atoms with Crippen LogP contribution in [-0.4, -0.2) is 46.8 Å². The number of nitrogens with zero attached hydrogens (tertiary/aromatic N) is 3. The van der Waals surface area contributed by atoms with Gasteiger partial charge in [-0.15, -0.1) is 0 Å². The Bertz CT molecular complexity index is 743. The van der Waals surface area contributed by atoms with E-state index in [2.05, 4.69) is 29.5 Å². The number of hydrogen-bond donors (Lipinski definition) is 1. The summed E-state index contributed by atoms with van der Waals surface area (Å²) in [5.41, 5.74) is 2.95. The van der Waals surface area contributed by atoms with Gasteiger partial charge in [0.1, 0.15) is 0 Å². The fraction of sp³-hybridized carbons (Fsp3) is 0.524. The first-order valence-electron chi connectivity index (χ1n) is 9.91. The normalized spacial score (nSPS) is 18.3. The summed E-state index contributed by atoms with van der Waals surface area (Å²) in [6.45, 7) is 5.94. The Morgan fingerprint density at radius 1 is 1.15 bits per heavy atom. The molecule has 0 spiro atoms. The molecule has 2 heterocycles. The summed E-state index contributed by atoms with van der Waals surface area (Å²) in [5.74, 6) is 1.33. The Morgan fingerprint density at radius 3 is 2.54 bits per heavy atom. The molecular formula is C21H28N4O. The number of likely N-dealkylation sites (tertiary alicyclic amines) is 1. The number of amides is 1. The molecule has 26 heavy (non-hydrogen) atoms. The van der Waals surface area contributed by atoms with Gasteiger partial charge in [-0.3, -0.25) is 4.79 Å². The highest BCUT2D eigenvalue weighted by Gasteiger charge is 2.35. The van der Waals surface area contributed by atoms with Gasteiger partial charge in [0, 0.05) is 19.0 Å². The van der Waals surface area contributed by atoms with Crippen LogP contribution in [0.1, 0.15) is 54.6 Å². The third-order valence-electron chi connectivity index (χ3n) is 5.59. The highest BCUT2D eigenvalue weighted by molar-refractivity contribution is 5.95. The molecule has 1 N–H and O–H groups in total. The molecule has 2 aliphatic rings. The van der Waals surface area contributed by atoms with Crippen LogP contribution in [0.2, 0.25) is 0 Å². The molecule has 1 saturated heterocycles. The summed E-state index contributed by atoms with van der Waals surface area (Å²) >= 11 is 0. The van der Waals surface area contributed by atoms with Crippen LogP contribution in [0, 0.1) is 5.92 Å². The Balaban J connectivity index is 1.51. The van der Waals surface area contributed by atoms with Gasteiger partial charge in [0.25, 0.3) is 5.91 Å². The molecule has 2 aromatic rings. The van der Waals surface area contributed by atoms with Crippen LogP contribution >= 0.6 is 0 Å². The largest absolute Gasteiger partial charge is 0.339 e. The van der Waals surface area contributed by atoms with Crippen LogP contribution in [0.5, 0.6) is 0 Å². The topological polar surface area (TPSA) is 50.2 Å². The van der Waals surface area contributed by atoms with Crippen LogP contribution in [0.4, 0.5) is 0 Å². The van der Waals surface area contributed by atoms with Crippen molar-refractivity contribution in [3.8, 4) is 5.69 Å². The molecule has 1 aliphatic heterocycles. The van der Waals surface area contributed by atoms with Crippen molar-refractivity contribution < 1.29 is 4.79 Å². The number of hydrogen-bond acceptors (Lipinski definition) is 3. The maximum Gasteiger partial charge on any atom is 0.257 e. The van der Waals surface area contributed by atoms with Crippen molar-refractivity contribution in [3.05, 3.63) is 47.8 Å². The summed E-state index contributed by atoms with van der Waals surface area (Å²) in [5, 5.41) is 8.01. The third kappa shape index (κ3) is 3.54. The van der Waals surface area contributed by atoms with Gasteiger partial charge in [-0.1, -0.05) is 25.1 Å². The van der Waals surface area contributed by atoms with E-state index in [1.54, 1.807) is 6.20 Å². The Labute approximate surface area is 155 Å². The Hall–Kier alpha value is -2.14. The Kier molecular flexibility index (Phi) is 5.07. The molecule has 0 atom stereocenters. The first-order chi connectivity index (χ1) is 12.8. The van der Waals surface area contributed by atoms with Crippen molar-refractivity contribution in [2.75, 3.05) is 26.2 Å². The van der Waals surface area contributed by atoms with Gasteiger partial charge in [0.2, 0.25) is 0 Å². The van der Waals surface area contributed by atoms with Crippen LogP contribution in [0.15, 0.2) is 36.5 Å². The molecule has 1 aromatic heterocycles. The van der Waals surface area contributed by atoms with Gasteiger partial charge < -0.3 is 10.2 Å². The molecule has 4 rings (SSSR count). The number of para-hydroxylation sites is 1. The first-order valence-corrected chi connectivity index (χ1v) is 9.91. The van der Waals surface area contributed by atoms with Gasteiger partial charge in [0.15, 0.2) is 0 Å². The van der Waals surface area contributed by atoms with Crippen molar-refractivity contribution in [2.24, 2.45) is 5.92 Å². The second-order valence-corrected chi connectivity index (χ2v) is 7.51. The molecule has 1 aromatic carbocycles. The van der Waals surface area contributed by atoms with Crippen molar-refractivity contribution >= 4 is 5.91 Å². The summed E-state index contributed by atoms with van der Waals surface area (Å²) in [6, 6.07) is 10.2. The number of aromatic nitrogens is 2. The lowest BCUT2D eigenvalue weighted by Crippen LogP contribution is -2.41. The summed E-state index contributed by atoms with van der Waals surface area (Å²) < 4.78 is 1.98. The number of benzene rings is 1. The zero-order chi connectivity index (χ0) is 17.9. The molecule has 5 heteroatoms. The van der Waals surface area contributed by atoms with Crippen LogP contribution in [0.3, 0.4) is 0 Å². The minimum absolute atomic E-state index is 0.163. The predicted octanol–water partition coefficient (Wildman–Crippen LogP) is 3.21. The van der Waals surface area contributed by atoms with E-state index in [0.717, 1.165) is 68.8 Å². The maximum absolute atomic E-state index is 13.2. The zero-order valence-electron chi connectivity index (χ0n) is 15.5. The molecule has 2 fully saturated rings. The quantitative estimate of drug-likeness (QED) is 0.868. The predicted molar refractivity (Wildman–Crippen MR) is 103 cm³/mol. The molecule has 0 radical (unpaired) electrons. The molecule has 5 nitrogen and oxygen atoms in total. The standard InChI is InChI=1S/C21H28N4O/c1-2-22-14-16-10-12-24(13-11-16)21(26)19-15-23-25(20(19)17-8-9-17)18-6-4-3-5-7-18/h3-7,15-17,22H,2,8-14H2,1H3. The SMILES string of the molecule is CCNCC1CCN(C(=O)c2cnn(-c3ccccc3)c2C2CC2)CC1. The lowest BCUT2D eigenvalue weighted by atomic mass is 9.96. The lowest BCUT2D eigenvalue weighted by Gasteiger charge is -2.32. The summed E-state index contributed by atoms with van der Waals surface area (Å²) in [4.78, 5) is 15.2. The van der Waals surface area contributed by atoms with E-state index in [9.17, 15) is 4.79 Å². The van der Waals surface area contributed by atoms with Gasteiger partial charge in [-0.2, -0.15) is 5.10 Å². The number of rotatable bonds is 6. The summed E-state index contributed by atoms with van der Waals surface area (Å²) in [6.07, 6.45) is 6.27. The van der Waals surface area contributed by atoms with E-state index in [0.29, 0.717) is 11.8 Å². The number of nitrogens with one attached hydrogen (secondary N) is 1. The van der Waals surface area contributed by atoms with Crippen molar-refractivity contribution in [1.82, 2.24) is 20.0 Å². The van der Waals surface area contributed by atoms with Crippen molar-refractivity contribution in [2.45, 2.75) is 38.5 Å². The smallest absolute Gasteiger partial charge is 0.257 e. The first kappa shape index (κ1) is 17.3. The van der Waals surface area contributed by atoms with Crippen molar-refractivity contribution in [3.63, 3.8) is 0 Å². The van der Waals surface area contributed by atoms with Crippen molar-refractivity contribution in [1.29, 1.82) is 0 Å². The van der Waals surface area contributed by atoms with Gasteiger partial charge in [-0.05, 0) is 56.8 Å². The Morgan fingerprint density at radius 2 is 1.88 bits per heavy atom. The average Bonchev–Trinajstić information content (AvgIpc) is 3.44. The van der Waals surface area contributed by atoms with Gasteiger partial charge in [-0.25, -0.2) is 4.68 Å². The highest BCUT2D eigenvalue weighted by Crippen LogP contribution is 2.42. The van der Waals surface area contributed by atoms with E-state index < -0.39 is 0 Å². The average molecular weight is 352 g/mol. The fourth-order valence-corrected chi connectivity index (χ4v) is 3.91. The maximum atomic E-state index is 13.2. The third-order valence-corrected chi connectivity index (χ3v) is 5.59. The monoisotopic (exact) mass is 352 g/mol. The second-order valence-electron chi connectivity index (χ2n) is 7.51. The molecule has 0 unspecified atom stereocenters. The minimum Gasteiger partial charge on any atom is -0.339 e. The van der Waals surface area contributed by atoms with E-state index >= 15 is 0 Å². The zero-order valence-corrected chi connectivity index (χ0v) is 15.5. The highest BCUT2D eigenvalue weighted by atomic mass is 16.2. The molecule has 0 bridgehead atoms. The second kappa shape index (κ2) is 7.62. The fourth-order valence-electron chi connectivity index (χ4n) is 3.91. The molecular weight excluding hydrogens is 324 g/mol.